The molecule has 1 atom stereocenters. The second kappa shape index (κ2) is 46.2. The summed E-state index contributed by atoms with van der Waals surface area (Å²) in [5.41, 5.74) is -1.15. The molecule has 0 amide bonds. The average molecular weight is 803 g/mol. The minimum Gasteiger partial charge on any atom is -0.480 e. The van der Waals surface area contributed by atoms with Gasteiger partial charge in [0.25, 0.3) is 0 Å². The van der Waals surface area contributed by atoms with E-state index in [0.29, 0.717) is 19.3 Å². The third-order valence-corrected chi connectivity index (χ3v) is 13.4. The molecule has 0 aliphatic heterocycles. The zero-order valence-corrected chi connectivity index (χ0v) is 39.7. The quantitative estimate of drug-likeness (QED) is 0.0492. The van der Waals surface area contributed by atoms with E-state index in [2.05, 4.69) is 20.8 Å². The molecule has 3 nitrogen and oxygen atoms in total. The fourth-order valence-electron chi connectivity index (χ4n) is 9.23. The van der Waals surface area contributed by atoms with Crippen LogP contribution >= 0.6 is 0 Å². The molecule has 0 saturated carbocycles. The fraction of sp³-hybridized carbons (Fsp3) is 0.963. The lowest BCUT2D eigenvalue weighted by atomic mass is 9.73. The molecule has 1 unspecified atom stereocenters. The first-order valence-corrected chi connectivity index (χ1v) is 26.8. The number of Topliss-reactive ketones (excluding diaryl/α,β-unsaturated/α-hetero) is 1. The van der Waals surface area contributed by atoms with Crippen LogP contribution in [0.5, 0.6) is 0 Å². The topological polar surface area (TPSA) is 54.4 Å². The Morgan fingerprint density at radius 1 is 0.281 bits per heavy atom. The van der Waals surface area contributed by atoms with E-state index in [0.717, 1.165) is 38.5 Å². The van der Waals surface area contributed by atoms with E-state index in [1.165, 1.54) is 250 Å². The van der Waals surface area contributed by atoms with Crippen molar-refractivity contribution in [1.82, 2.24) is 0 Å². The van der Waals surface area contributed by atoms with Gasteiger partial charge in [-0.1, -0.05) is 303 Å². The summed E-state index contributed by atoms with van der Waals surface area (Å²) in [5, 5.41) is 10.6. The molecule has 0 spiro atoms. The van der Waals surface area contributed by atoms with E-state index >= 15 is 0 Å². The molecule has 3 heteroatoms. The van der Waals surface area contributed by atoms with Crippen LogP contribution < -0.4 is 0 Å². The Kier molecular flexibility index (Phi) is 45.5. The maximum absolute atomic E-state index is 13.8. The van der Waals surface area contributed by atoms with Gasteiger partial charge in [0.2, 0.25) is 0 Å². The van der Waals surface area contributed by atoms with Crippen molar-refractivity contribution in [1.29, 1.82) is 0 Å². The summed E-state index contributed by atoms with van der Waals surface area (Å²) in [7, 11) is 0. The zero-order chi connectivity index (χ0) is 41.6. The van der Waals surface area contributed by atoms with Gasteiger partial charge in [-0.05, 0) is 19.3 Å². The van der Waals surface area contributed by atoms with Crippen molar-refractivity contribution in [2.75, 3.05) is 0 Å². The predicted octanol–water partition coefficient (Wildman–Crippen LogP) is 19.4. The monoisotopic (exact) mass is 803 g/mol. The summed E-state index contributed by atoms with van der Waals surface area (Å²) in [6.07, 6.45) is 60.3. The summed E-state index contributed by atoms with van der Waals surface area (Å²) in [6, 6.07) is 0. The number of rotatable bonds is 50. The van der Waals surface area contributed by atoms with Gasteiger partial charge >= 0.3 is 5.97 Å². The van der Waals surface area contributed by atoms with Gasteiger partial charge in [0.05, 0.1) is 0 Å². The SMILES string of the molecule is CCCCCCCCCCCCCCCCCCC(CCCCCCCCCCCCCCCC)(C(=O)O)C(=O)CCCCCCCCCCCCCCCCC. The molecular weight excluding hydrogens is 697 g/mol. The van der Waals surface area contributed by atoms with Crippen molar-refractivity contribution in [3.05, 3.63) is 0 Å². The molecule has 0 fully saturated rings. The van der Waals surface area contributed by atoms with Crippen molar-refractivity contribution >= 4 is 11.8 Å². The van der Waals surface area contributed by atoms with Gasteiger partial charge in [-0.2, -0.15) is 0 Å². The number of carbonyl (C=O) groups is 2. The summed E-state index contributed by atoms with van der Waals surface area (Å²) in [6.45, 7) is 6.86. The predicted molar refractivity (Wildman–Crippen MR) is 254 cm³/mol. The number of ketones is 1. The van der Waals surface area contributed by atoms with Crippen LogP contribution in [0.2, 0.25) is 0 Å². The van der Waals surface area contributed by atoms with Crippen LogP contribution in [0.3, 0.4) is 0 Å². The number of carboxylic acid groups (broad SMARTS) is 1. The minimum absolute atomic E-state index is 0.0420. The Balaban J connectivity index is 4.46. The van der Waals surface area contributed by atoms with E-state index in [1.54, 1.807) is 0 Å². The van der Waals surface area contributed by atoms with Crippen molar-refractivity contribution in [3.63, 3.8) is 0 Å². The first-order chi connectivity index (χ1) is 28.0. The highest BCUT2D eigenvalue weighted by Gasteiger charge is 2.43. The molecular formula is C54H106O3. The van der Waals surface area contributed by atoms with E-state index < -0.39 is 11.4 Å². The molecule has 0 heterocycles. The normalized spacial score (nSPS) is 12.7. The zero-order valence-electron chi connectivity index (χ0n) is 39.7. The lowest BCUT2D eigenvalue weighted by molar-refractivity contribution is -0.156. The van der Waals surface area contributed by atoms with Crippen molar-refractivity contribution < 1.29 is 14.7 Å². The second-order valence-electron chi connectivity index (χ2n) is 18.9. The van der Waals surface area contributed by atoms with E-state index in [9.17, 15) is 14.7 Å². The summed E-state index contributed by atoms with van der Waals surface area (Å²) in [4.78, 5) is 26.8. The van der Waals surface area contributed by atoms with E-state index in [-0.39, 0.29) is 5.78 Å². The standard InChI is InChI=1S/C54H106O3/c1-4-7-10-13-16-19-22-25-28-30-33-36-39-42-45-48-51-54(53(56)57,50-47-44-41-38-35-32-27-24-21-18-15-12-9-6-3)52(55)49-46-43-40-37-34-31-29-26-23-20-17-14-11-8-5-2/h4-51H2,1-3H3,(H,56,57). The molecule has 0 radical (unpaired) electrons. The van der Waals surface area contributed by atoms with Crippen LogP contribution in [0.4, 0.5) is 0 Å². The van der Waals surface area contributed by atoms with Gasteiger partial charge in [0.15, 0.2) is 0 Å². The minimum atomic E-state index is -1.15. The highest BCUT2D eigenvalue weighted by atomic mass is 16.4. The number of carbonyl (C=O) groups excluding carboxylic acids is 1. The highest BCUT2D eigenvalue weighted by Crippen LogP contribution is 2.36. The maximum atomic E-state index is 13.8. The van der Waals surface area contributed by atoms with Crippen LogP contribution in [0.1, 0.15) is 329 Å². The molecule has 0 rings (SSSR count). The number of carboxylic acids is 1. The molecule has 340 valence electrons. The fourth-order valence-corrected chi connectivity index (χ4v) is 9.23. The molecule has 0 aliphatic rings. The van der Waals surface area contributed by atoms with E-state index in [4.69, 9.17) is 0 Å². The Hall–Kier alpha value is -0.860. The molecule has 0 aromatic heterocycles. The van der Waals surface area contributed by atoms with Crippen LogP contribution in [0.25, 0.3) is 0 Å². The Morgan fingerprint density at radius 3 is 0.649 bits per heavy atom. The summed E-state index contributed by atoms with van der Waals surface area (Å²) in [5.74, 6) is -0.788. The highest BCUT2D eigenvalue weighted by molar-refractivity contribution is 6.03. The molecule has 0 bridgehead atoms. The van der Waals surface area contributed by atoms with Crippen molar-refractivity contribution in [2.45, 2.75) is 329 Å². The Morgan fingerprint density at radius 2 is 0.456 bits per heavy atom. The van der Waals surface area contributed by atoms with Gasteiger partial charge in [-0.15, -0.1) is 0 Å². The Bertz CT molecular complexity index is 807. The molecule has 0 aliphatic carbocycles. The Labute approximate surface area is 359 Å². The van der Waals surface area contributed by atoms with E-state index in [1.807, 2.05) is 0 Å². The molecule has 0 saturated heterocycles. The number of aliphatic carboxylic acids is 1. The van der Waals surface area contributed by atoms with Gasteiger partial charge < -0.3 is 5.11 Å². The summed E-state index contributed by atoms with van der Waals surface area (Å²) >= 11 is 0. The van der Waals surface area contributed by atoms with Crippen LogP contribution in [0, 0.1) is 5.41 Å². The maximum Gasteiger partial charge on any atom is 0.317 e. The third kappa shape index (κ3) is 37.8. The third-order valence-electron chi connectivity index (χ3n) is 13.4. The van der Waals surface area contributed by atoms with Gasteiger partial charge in [-0.25, -0.2) is 0 Å². The lowest BCUT2D eigenvalue weighted by Crippen LogP contribution is -2.39. The lowest BCUT2D eigenvalue weighted by Gasteiger charge is -2.28. The second-order valence-corrected chi connectivity index (χ2v) is 18.9. The van der Waals surface area contributed by atoms with Crippen molar-refractivity contribution in [2.24, 2.45) is 5.41 Å². The summed E-state index contributed by atoms with van der Waals surface area (Å²) < 4.78 is 0. The largest absolute Gasteiger partial charge is 0.480 e. The number of unbranched alkanes of at least 4 members (excludes halogenated alkanes) is 42. The number of hydrogen-bond acceptors (Lipinski definition) is 2. The first-order valence-electron chi connectivity index (χ1n) is 26.8. The average Bonchev–Trinajstić information content (AvgIpc) is 3.21. The first kappa shape index (κ1) is 56.1. The smallest absolute Gasteiger partial charge is 0.317 e. The van der Waals surface area contributed by atoms with Crippen LogP contribution in [-0.2, 0) is 9.59 Å². The number of hydrogen-bond donors (Lipinski definition) is 1. The van der Waals surface area contributed by atoms with Crippen LogP contribution in [-0.4, -0.2) is 16.9 Å². The molecule has 57 heavy (non-hydrogen) atoms. The molecule has 0 aromatic carbocycles. The van der Waals surface area contributed by atoms with Gasteiger partial charge in [0.1, 0.15) is 11.2 Å². The molecule has 0 aromatic rings. The van der Waals surface area contributed by atoms with Gasteiger partial charge in [0, 0.05) is 6.42 Å². The van der Waals surface area contributed by atoms with Crippen molar-refractivity contribution in [3.8, 4) is 0 Å². The van der Waals surface area contributed by atoms with Gasteiger partial charge in [-0.3, -0.25) is 9.59 Å². The molecule has 1 N–H and O–H groups in total. The van der Waals surface area contributed by atoms with Crippen LogP contribution in [0.15, 0.2) is 0 Å².